The van der Waals surface area contributed by atoms with Gasteiger partial charge in [0.25, 0.3) is 0 Å². The van der Waals surface area contributed by atoms with Gasteiger partial charge in [-0.2, -0.15) is 4.79 Å². The van der Waals surface area contributed by atoms with Crippen LogP contribution in [0.4, 0.5) is 4.79 Å². The average molecular weight is 148 g/mol. The van der Waals surface area contributed by atoms with Crippen molar-refractivity contribution in [2.24, 2.45) is 0 Å². The lowest BCUT2D eigenvalue weighted by Crippen LogP contribution is -2.49. The molecule has 4 nitrogen and oxygen atoms in total. The van der Waals surface area contributed by atoms with Crippen molar-refractivity contribution in [3.05, 3.63) is 0 Å². The Balaban J connectivity index is 4.08. The van der Waals surface area contributed by atoms with Crippen LogP contribution in [-0.2, 0) is 4.74 Å². The van der Waals surface area contributed by atoms with Gasteiger partial charge in [0.05, 0.1) is 13.6 Å². The molecule has 1 N–H and O–H groups in total. The molecule has 0 aliphatic rings. The first-order valence-electron chi connectivity index (χ1n) is 3.14. The monoisotopic (exact) mass is 148 g/mol. The zero-order valence-electron chi connectivity index (χ0n) is 6.63. The minimum atomic E-state index is -0.857. The fourth-order valence-electron chi connectivity index (χ4n) is 0.567. The Morgan fingerprint density at radius 1 is 1.70 bits per heavy atom. The average Bonchev–Trinajstić information content (AvgIpc) is 1.88. The zero-order chi connectivity index (χ0) is 8.20. The molecule has 0 aromatic heterocycles. The number of methoxy groups -OCH3 is 1. The van der Waals surface area contributed by atoms with E-state index in [1.165, 1.54) is 7.11 Å². The summed E-state index contributed by atoms with van der Waals surface area (Å²) in [4.78, 5) is 10.5. The van der Waals surface area contributed by atoms with E-state index in [1.807, 2.05) is 6.92 Å². The van der Waals surface area contributed by atoms with Crippen molar-refractivity contribution >= 4 is 6.09 Å². The maximum absolute atomic E-state index is 10.5. The van der Waals surface area contributed by atoms with Crippen molar-refractivity contribution < 1.29 is 19.1 Å². The fraction of sp³-hybridized carbons (Fsp3) is 0.833. The summed E-state index contributed by atoms with van der Waals surface area (Å²) < 4.78 is 4.66. The van der Waals surface area contributed by atoms with Crippen LogP contribution in [-0.4, -0.2) is 43.1 Å². The van der Waals surface area contributed by atoms with Gasteiger partial charge in [-0.05, 0) is 6.92 Å². The molecule has 0 bridgehead atoms. The minimum absolute atomic E-state index is 0.0868. The van der Waals surface area contributed by atoms with Crippen LogP contribution in [0, 0.1) is 0 Å². The Kier molecular flexibility index (Phi) is 3.32. The number of quaternary nitrogens is 1. The molecule has 0 spiro atoms. The van der Waals surface area contributed by atoms with E-state index in [-0.39, 0.29) is 11.2 Å². The molecule has 1 atom stereocenters. The molecule has 0 radical (unpaired) electrons. The Labute approximate surface area is 60.6 Å². The highest BCUT2D eigenvalue weighted by atomic mass is 16.5. The van der Waals surface area contributed by atoms with Gasteiger partial charge in [-0.15, -0.1) is 0 Å². The molecule has 1 unspecified atom stereocenters. The highest BCUT2D eigenvalue weighted by Crippen LogP contribution is 2.01. The molecule has 1 amide bonds. The molecule has 0 heterocycles. The van der Waals surface area contributed by atoms with Crippen LogP contribution in [0.5, 0.6) is 0 Å². The molecular formula is C6H14NO3+. The van der Waals surface area contributed by atoms with Crippen LogP contribution in [0.15, 0.2) is 0 Å². The molecule has 0 saturated heterocycles. The predicted octanol–water partition coefficient (Wildman–Crippen LogP) is 0.735. The maximum Gasteiger partial charge on any atom is 0.515 e. The Morgan fingerprint density at radius 2 is 2.20 bits per heavy atom. The van der Waals surface area contributed by atoms with Gasteiger partial charge in [-0.1, -0.05) is 0 Å². The van der Waals surface area contributed by atoms with Gasteiger partial charge < -0.3 is 9.84 Å². The van der Waals surface area contributed by atoms with Crippen molar-refractivity contribution in [3.63, 3.8) is 0 Å². The third-order valence-corrected chi connectivity index (χ3v) is 1.57. The Bertz CT molecular complexity index is 126. The summed E-state index contributed by atoms with van der Waals surface area (Å²) in [6.07, 6.45) is -0.857. The van der Waals surface area contributed by atoms with E-state index < -0.39 is 6.09 Å². The lowest BCUT2D eigenvalue weighted by atomic mass is 10.5. The summed E-state index contributed by atoms with van der Waals surface area (Å²) in [7, 11) is 3.11. The van der Waals surface area contributed by atoms with Crippen molar-refractivity contribution in [1.82, 2.24) is 0 Å². The number of carbonyl (C=O) groups is 1. The third kappa shape index (κ3) is 1.97. The Hall–Kier alpha value is -0.610. The topological polar surface area (TPSA) is 46.5 Å². The molecule has 0 saturated carbocycles. The SMILES string of the molecule is CC[N+](C)(COC)C(=O)O. The number of hydrogen-bond donors (Lipinski definition) is 1. The van der Waals surface area contributed by atoms with Gasteiger partial charge in [0, 0.05) is 7.11 Å². The predicted molar refractivity (Wildman–Crippen MR) is 36.6 cm³/mol. The van der Waals surface area contributed by atoms with Gasteiger partial charge >= 0.3 is 6.09 Å². The summed E-state index contributed by atoms with van der Waals surface area (Å²) in [5.41, 5.74) is 0. The van der Waals surface area contributed by atoms with Gasteiger partial charge in [-0.3, -0.25) is 0 Å². The second-order valence-corrected chi connectivity index (χ2v) is 2.41. The largest absolute Gasteiger partial charge is 0.515 e. The quantitative estimate of drug-likeness (QED) is 0.474. The summed E-state index contributed by atoms with van der Waals surface area (Å²) in [6, 6.07) is 0. The summed E-state index contributed by atoms with van der Waals surface area (Å²) in [6.45, 7) is 2.56. The van der Waals surface area contributed by atoms with E-state index in [0.29, 0.717) is 6.54 Å². The molecular weight excluding hydrogens is 134 g/mol. The van der Waals surface area contributed by atoms with E-state index in [0.717, 1.165) is 0 Å². The molecule has 4 heteroatoms. The molecule has 0 rings (SSSR count). The van der Waals surface area contributed by atoms with Crippen LogP contribution in [0.3, 0.4) is 0 Å². The van der Waals surface area contributed by atoms with Crippen molar-refractivity contribution in [2.75, 3.05) is 27.4 Å². The van der Waals surface area contributed by atoms with Crippen LogP contribution in [0.25, 0.3) is 0 Å². The summed E-state index contributed by atoms with van der Waals surface area (Å²) >= 11 is 0. The molecule has 0 aromatic carbocycles. The van der Waals surface area contributed by atoms with Crippen LogP contribution >= 0.6 is 0 Å². The second kappa shape index (κ2) is 3.53. The number of carboxylic acid groups (broad SMARTS) is 1. The van der Waals surface area contributed by atoms with Crippen LogP contribution in [0.2, 0.25) is 0 Å². The van der Waals surface area contributed by atoms with E-state index in [1.54, 1.807) is 7.05 Å². The van der Waals surface area contributed by atoms with Gasteiger partial charge in [0.15, 0.2) is 6.73 Å². The third-order valence-electron chi connectivity index (χ3n) is 1.57. The number of ether oxygens (including phenoxy) is 1. The van der Waals surface area contributed by atoms with E-state index in [9.17, 15) is 4.79 Å². The van der Waals surface area contributed by atoms with E-state index in [2.05, 4.69) is 0 Å². The van der Waals surface area contributed by atoms with Crippen LogP contribution in [0.1, 0.15) is 6.92 Å². The molecule has 0 aliphatic heterocycles. The van der Waals surface area contributed by atoms with Crippen molar-refractivity contribution in [1.29, 1.82) is 0 Å². The fourth-order valence-corrected chi connectivity index (χ4v) is 0.567. The standard InChI is InChI=1S/C6H13NO3/c1-4-7(2,5-10-3)6(8)9/h4-5H2,1-3H3/p+1. The number of amides is 1. The molecule has 0 aliphatic carbocycles. The second-order valence-electron chi connectivity index (χ2n) is 2.41. The van der Waals surface area contributed by atoms with Crippen LogP contribution < -0.4 is 0 Å². The maximum atomic E-state index is 10.5. The summed E-state index contributed by atoms with van der Waals surface area (Å²) in [5.74, 6) is 0. The van der Waals surface area contributed by atoms with Gasteiger partial charge in [0.1, 0.15) is 0 Å². The number of rotatable bonds is 3. The number of hydrogen-bond acceptors (Lipinski definition) is 2. The Morgan fingerprint density at radius 3 is 2.30 bits per heavy atom. The highest BCUT2D eigenvalue weighted by Gasteiger charge is 2.28. The van der Waals surface area contributed by atoms with Gasteiger partial charge in [-0.25, -0.2) is 4.48 Å². The van der Waals surface area contributed by atoms with Crippen molar-refractivity contribution in [2.45, 2.75) is 6.92 Å². The van der Waals surface area contributed by atoms with Crippen molar-refractivity contribution in [3.8, 4) is 0 Å². The smallest absolute Gasteiger partial charge is 0.435 e. The van der Waals surface area contributed by atoms with E-state index in [4.69, 9.17) is 9.84 Å². The highest BCUT2D eigenvalue weighted by molar-refractivity contribution is 5.56. The van der Waals surface area contributed by atoms with E-state index >= 15 is 0 Å². The van der Waals surface area contributed by atoms with Gasteiger partial charge in [0.2, 0.25) is 0 Å². The normalized spacial score (nSPS) is 16.3. The lowest BCUT2D eigenvalue weighted by Gasteiger charge is -2.24. The first kappa shape index (κ1) is 9.39. The zero-order valence-corrected chi connectivity index (χ0v) is 6.63. The molecule has 0 fully saturated rings. The minimum Gasteiger partial charge on any atom is -0.435 e. The number of nitrogens with zero attached hydrogens (tertiary/aromatic N) is 1. The summed E-state index contributed by atoms with van der Waals surface area (Å²) in [5, 5.41) is 8.66. The molecule has 10 heavy (non-hydrogen) atoms. The first-order valence-corrected chi connectivity index (χ1v) is 3.14. The molecule has 0 aromatic rings. The molecule has 60 valence electrons. The lowest BCUT2D eigenvalue weighted by molar-refractivity contribution is -0.856. The first-order chi connectivity index (χ1) is 4.56.